The predicted molar refractivity (Wildman–Crippen MR) is 141 cm³/mol. The molecule has 36 heavy (non-hydrogen) atoms. The van der Waals surface area contributed by atoms with E-state index in [9.17, 15) is 4.79 Å². The minimum Gasteiger partial charge on any atom is -0.455 e. The van der Waals surface area contributed by atoms with Crippen molar-refractivity contribution in [2.75, 3.05) is 35.6 Å². The van der Waals surface area contributed by atoms with Gasteiger partial charge in [0.05, 0.1) is 16.4 Å². The van der Waals surface area contributed by atoms with Crippen LogP contribution in [0.4, 0.5) is 17.2 Å². The van der Waals surface area contributed by atoms with Crippen molar-refractivity contribution >= 4 is 29.0 Å². The molecule has 2 aromatic carbocycles. The lowest BCUT2D eigenvalue weighted by atomic mass is 10.1. The van der Waals surface area contributed by atoms with Crippen LogP contribution in [0.15, 0.2) is 87.6 Å². The van der Waals surface area contributed by atoms with E-state index in [2.05, 4.69) is 32.3 Å². The summed E-state index contributed by atoms with van der Waals surface area (Å²) in [6, 6.07) is 19.7. The second-order valence-corrected chi connectivity index (χ2v) is 9.72. The number of H-pyrrole nitrogens is 1. The second-order valence-electron chi connectivity index (χ2n) is 8.63. The Bertz CT molecular complexity index is 1470. The number of benzene rings is 2. The molecule has 1 saturated heterocycles. The van der Waals surface area contributed by atoms with Crippen molar-refractivity contribution in [2.45, 2.75) is 22.4 Å². The van der Waals surface area contributed by atoms with E-state index < -0.39 is 0 Å². The Morgan fingerprint density at radius 2 is 2.08 bits per heavy atom. The lowest BCUT2D eigenvalue weighted by Crippen LogP contribution is -2.41. The number of nitrogens with two attached hydrogens (primary N) is 1. The van der Waals surface area contributed by atoms with Gasteiger partial charge in [0.15, 0.2) is 0 Å². The molecular formula is C27H25N5O3S. The van der Waals surface area contributed by atoms with Gasteiger partial charge in [-0.05, 0) is 42.5 Å². The molecule has 0 aliphatic carbocycles. The quantitative estimate of drug-likeness (QED) is 0.317. The number of nitrogens with zero attached hydrogens (tertiary/aromatic N) is 2. The van der Waals surface area contributed by atoms with Gasteiger partial charge in [-0.1, -0.05) is 30.0 Å². The number of nitrogens with one attached hydrogen (secondary N) is 2. The van der Waals surface area contributed by atoms with Gasteiger partial charge in [0, 0.05) is 48.8 Å². The Labute approximate surface area is 212 Å². The Kier molecular flexibility index (Phi) is 6.00. The monoisotopic (exact) mass is 499 g/mol. The molecule has 1 unspecified atom stereocenters. The summed E-state index contributed by atoms with van der Waals surface area (Å²) in [6.45, 7) is 2.36. The number of rotatable bonds is 5. The van der Waals surface area contributed by atoms with Crippen molar-refractivity contribution in [1.29, 1.82) is 0 Å². The third-order valence-electron chi connectivity index (χ3n) is 6.35. The number of hydrogen-bond acceptors (Lipinski definition) is 8. The van der Waals surface area contributed by atoms with E-state index in [-0.39, 0.29) is 11.7 Å². The molecule has 182 valence electrons. The molecule has 0 saturated carbocycles. The summed E-state index contributed by atoms with van der Waals surface area (Å²) in [6.07, 6.45) is 3.13. The highest BCUT2D eigenvalue weighted by Crippen LogP contribution is 2.50. The van der Waals surface area contributed by atoms with Crippen molar-refractivity contribution in [3.05, 3.63) is 94.5 Å². The molecular weight excluding hydrogens is 474 g/mol. The van der Waals surface area contributed by atoms with Crippen LogP contribution in [0.5, 0.6) is 11.5 Å². The first-order valence-electron chi connectivity index (χ1n) is 11.8. The van der Waals surface area contributed by atoms with Crippen molar-refractivity contribution < 1.29 is 9.47 Å². The van der Waals surface area contributed by atoms with Crippen LogP contribution < -0.4 is 26.2 Å². The minimum absolute atomic E-state index is 0.0930. The maximum atomic E-state index is 12.3. The summed E-state index contributed by atoms with van der Waals surface area (Å²) in [7, 11) is 0. The van der Waals surface area contributed by atoms with E-state index in [1.54, 1.807) is 24.2 Å². The summed E-state index contributed by atoms with van der Waals surface area (Å²) in [5.74, 6) is 2.15. The van der Waals surface area contributed by atoms with Gasteiger partial charge in [0.1, 0.15) is 29.1 Å². The lowest BCUT2D eigenvalue weighted by Gasteiger charge is -2.35. The van der Waals surface area contributed by atoms with Crippen LogP contribution in [0.2, 0.25) is 0 Å². The molecule has 6 rings (SSSR count). The number of ether oxygens (including phenoxy) is 2. The first-order valence-corrected chi connectivity index (χ1v) is 12.6. The highest BCUT2D eigenvalue weighted by atomic mass is 32.2. The van der Waals surface area contributed by atoms with Crippen LogP contribution in [0, 0.1) is 0 Å². The number of aromatic nitrogens is 2. The van der Waals surface area contributed by atoms with E-state index in [1.165, 1.54) is 0 Å². The third kappa shape index (κ3) is 4.38. The van der Waals surface area contributed by atoms with E-state index in [4.69, 9.17) is 15.2 Å². The summed E-state index contributed by atoms with van der Waals surface area (Å²) < 4.78 is 12.6. The number of anilines is 3. The number of morpholine rings is 1. The van der Waals surface area contributed by atoms with Gasteiger partial charge in [0.2, 0.25) is 0 Å². The number of fused-ring (bicyclic) bond motifs is 2. The van der Waals surface area contributed by atoms with Gasteiger partial charge in [-0.25, -0.2) is 4.98 Å². The molecule has 4 N–H and O–H groups in total. The summed E-state index contributed by atoms with van der Waals surface area (Å²) in [4.78, 5) is 23.4. The van der Waals surface area contributed by atoms with Gasteiger partial charge in [-0.3, -0.25) is 4.79 Å². The molecule has 0 spiro atoms. The Hall–Kier alpha value is -3.95. The van der Waals surface area contributed by atoms with Gasteiger partial charge in [0.25, 0.3) is 5.56 Å². The average molecular weight is 500 g/mol. The van der Waals surface area contributed by atoms with Crippen LogP contribution in [0.3, 0.4) is 0 Å². The van der Waals surface area contributed by atoms with Crippen LogP contribution >= 0.6 is 11.8 Å². The molecule has 0 radical (unpaired) electrons. The van der Waals surface area contributed by atoms with Crippen LogP contribution in [0.1, 0.15) is 17.2 Å². The molecule has 0 bridgehead atoms. The smallest absolute Gasteiger partial charge is 0.271 e. The Morgan fingerprint density at radius 3 is 2.97 bits per heavy atom. The number of aromatic amines is 1. The third-order valence-corrected chi connectivity index (χ3v) is 7.43. The molecule has 2 aromatic heterocycles. The molecule has 2 aliphatic rings. The fraction of sp³-hybridized carbons (Fsp3) is 0.185. The SMILES string of the molecule is Nc1ncccc1CNc1ccc2c(c1)Sc1cccc(C3CN(c4ccc[nH]c4=O)CCO3)c1O2. The van der Waals surface area contributed by atoms with Crippen molar-refractivity contribution in [1.82, 2.24) is 9.97 Å². The molecule has 8 nitrogen and oxygen atoms in total. The lowest BCUT2D eigenvalue weighted by molar-refractivity contribution is 0.0382. The second kappa shape index (κ2) is 9.60. The zero-order chi connectivity index (χ0) is 24.5. The standard InChI is InChI=1S/C27H25N5O3S/c28-26-17(4-2-10-29-26)15-31-18-8-9-21-24(14-18)36-23-7-1-5-19(25(23)35-21)22-16-32(12-13-34-22)20-6-3-11-30-27(20)33/h1-11,14,22,31H,12-13,15-16H2,(H2,28,29)(H,30,33). The van der Waals surface area contributed by atoms with E-state index in [1.807, 2.05) is 48.5 Å². The maximum Gasteiger partial charge on any atom is 0.271 e. The number of nitrogen functional groups attached to an aromatic ring is 1. The highest BCUT2D eigenvalue weighted by molar-refractivity contribution is 7.99. The number of para-hydroxylation sites is 1. The maximum absolute atomic E-state index is 12.3. The molecule has 2 aliphatic heterocycles. The fourth-order valence-electron chi connectivity index (χ4n) is 4.50. The van der Waals surface area contributed by atoms with Gasteiger partial charge in [-0.15, -0.1) is 0 Å². The molecule has 0 amide bonds. The van der Waals surface area contributed by atoms with Crippen LogP contribution in [-0.2, 0) is 11.3 Å². The summed E-state index contributed by atoms with van der Waals surface area (Å²) in [5, 5.41) is 3.42. The van der Waals surface area contributed by atoms with Crippen LogP contribution in [-0.4, -0.2) is 29.7 Å². The topological polar surface area (TPSA) is 106 Å². The molecule has 1 atom stereocenters. The predicted octanol–water partition coefficient (Wildman–Crippen LogP) is 4.80. The van der Waals surface area contributed by atoms with Gasteiger partial charge in [-0.2, -0.15) is 0 Å². The number of hydrogen-bond donors (Lipinski definition) is 3. The van der Waals surface area contributed by atoms with Crippen LogP contribution in [0.25, 0.3) is 0 Å². The first kappa shape index (κ1) is 22.5. The zero-order valence-corrected chi connectivity index (χ0v) is 20.3. The van der Waals surface area contributed by atoms with Gasteiger partial charge >= 0.3 is 0 Å². The van der Waals surface area contributed by atoms with E-state index in [0.29, 0.717) is 37.7 Å². The highest BCUT2D eigenvalue weighted by Gasteiger charge is 2.29. The number of pyridine rings is 2. The van der Waals surface area contributed by atoms with Crippen molar-refractivity contribution in [2.24, 2.45) is 0 Å². The van der Waals surface area contributed by atoms with Gasteiger partial charge < -0.3 is 30.4 Å². The van der Waals surface area contributed by atoms with Crippen molar-refractivity contribution in [3.63, 3.8) is 0 Å². The summed E-state index contributed by atoms with van der Waals surface area (Å²) >= 11 is 1.67. The average Bonchev–Trinajstić information content (AvgIpc) is 2.91. The zero-order valence-electron chi connectivity index (χ0n) is 19.4. The first-order chi connectivity index (χ1) is 17.7. The minimum atomic E-state index is -0.207. The normalized spacial score (nSPS) is 16.6. The Balaban J connectivity index is 1.21. The van der Waals surface area contributed by atoms with E-state index >= 15 is 0 Å². The Morgan fingerprint density at radius 1 is 1.14 bits per heavy atom. The molecule has 4 heterocycles. The molecule has 4 aromatic rings. The summed E-state index contributed by atoms with van der Waals surface area (Å²) in [5.41, 5.74) is 9.45. The molecule has 9 heteroatoms. The van der Waals surface area contributed by atoms with Crippen molar-refractivity contribution in [3.8, 4) is 11.5 Å². The fourth-order valence-corrected chi connectivity index (χ4v) is 5.53. The van der Waals surface area contributed by atoms with E-state index in [0.717, 1.165) is 38.1 Å². The molecule has 1 fully saturated rings. The largest absolute Gasteiger partial charge is 0.455 e.